The van der Waals surface area contributed by atoms with Gasteiger partial charge in [0.2, 0.25) is 0 Å². The number of nitrogens with zero attached hydrogens (tertiary/aromatic N) is 4. The molecule has 0 aliphatic heterocycles. The Morgan fingerprint density at radius 3 is 3.00 bits per heavy atom. The van der Waals surface area contributed by atoms with Crippen LogP contribution < -0.4 is 10.5 Å². The van der Waals surface area contributed by atoms with Gasteiger partial charge in [0.05, 0.1) is 5.69 Å². The quantitative estimate of drug-likeness (QED) is 0.796. The van der Waals surface area contributed by atoms with Gasteiger partial charge < -0.3 is 10.5 Å². The summed E-state index contributed by atoms with van der Waals surface area (Å²) < 4.78 is 6.85. The molecule has 1 aromatic carbocycles. The van der Waals surface area contributed by atoms with Crippen LogP contribution >= 0.6 is 0 Å². The summed E-state index contributed by atoms with van der Waals surface area (Å²) in [7, 11) is 0. The molecule has 0 aliphatic carbocycles. The van der Waals surface area contributed by atoms with Crippen molar-refractivity contribution in [1.82, 2.24) is 20.2 Å². The van der Waals surface area contributed by atoms with Gasteiger partial charge in [-0.1, -0.05) is 6.07 Å². The van der Waals surface area contributed by atoms with Crippen LogP contribution in [0.25, 0.3) is 5.69 Å². The van der Waals surface area contributed by atoms with Gasteiger partial charge in [-0.25, -0.2) is 4.68 Å². The monoisotopic (exact) mass is 233 g/mol. The first-order valence-corrected chi connectivity index (χ1v) is 4.96. The summed E-state index contributed by atoms with van der Waals surface area (Å²) in [5, 5.41) is 10.8. The number of primary amides is 1. The molecule has 0 fully saturated rings. The molecule has 2 N–H and O–H groups in total. The third-order valence-corrected chi connectivity index (χ3v) is 2.14. The van der Waals surface area contributed by atoms with Crippen molar-refractivity contribution < 1.29 is 9.53 Å². The number of ether oxygens (including phenoxy) is 1. The van der Waals surface area contributed by atoms with Crippen LogP contribution in [0.4, 0.5) is 0 Å². The number of amides is 1. The van der Waals surface area contributed by atoms with Gasteiger partial charge in [0.15, 0.2) is 6.10 Å². The van der Waals surface area contributed by atoms with Crippen molar-refractivity contribution in [2.24, 2.45) is 5.73 Å². The second-order valence-electron chi connectivity index (χ2n) is 3.41. The Morgan fingerprint density at radius 1 is 1.53 bits per heavy atom. The van der Waals surface area contributed by atoms with Crippen LogP contribution in [0.2, 0.25) is 0 Å². The Kier molecular flexibility index (Phi) is 2.99. The maximum absolute atomic E-state index is 10.9. The second kappa shape index (κ2) is 4.60. The van der Waals surface area contributed by atoms with Crippen molar-refractivity contribution in [2.45, 2.75) is 13.0 Å². The van der Waals surface area contributed by atoms with Crippen molar-refractivity contribution in [3.63, 3.8) is 0 Å². The van der Waals surface area contributed by atoms with Gasteiger partial charge in [-0.05, 0) is 29.5 Å². The number of carbonyl (C=O) groups excluding carboxylic acids is 1. The summed E-state index contributed by atoms with van der Waals surface area (Å²) >= 11 is 0. The zero-order chi connectivity index (χ0) is 12.3. The number of nitrogens with two attached hydrogens (primary N) is 1. The van der Waals surface area contributed by atoms with Crippen LogP contribution in [0.3, 0.4) is 0 Å². The maximum atomic E-state index is 10.9. The van der Waals surface area contributed by atoms with Gasteiger partial charge in [0.1, 0.15) is 12.1 Å². The van der Waals surface area contributed by atoms with E-state index >= 15 is 0 Å². The maximum Gasteiger partial charge on any atom is 0.258 e. The highest BCUT2D eigenvalue weighted by Gasteiger charge is 2.10. The van der Waals surface area contributed by atoms with Crippen LogP contribution in [0.1, 0.15) is 6.92 Å². The largest absolute Gasteiger partial charge is 0.481 e. The van der Waals surface area contributed by atoms with Crippen LogP contribution in [0.5, 0.6) is 5.75 Å². The Hall–Kier alpha value is -2.44. The summed E-state index contributed by atoms with van der Waals surface area (Å²) in [5.41, 5.74) is 5.85. The molecule has 1 amide bonds. The molecule has 0 radical (unpaired) electrons. The number of hydrogen-bond acceptors (Lipinski definition) is 5. The average Bonchev–Trinajstić information content (AvgIpc) is 2.82. The molecule has 0 aliphatic rings. The normalized spacial score (nSPS) is 12.1. The van der Waals surface area contributed by atoms with E-state index in [4.69, 9.17) is 10.5 Å². The Balaban J connectivity index is 2.20. The molecule has 1 aromatic heterocycles. The molecule has 1 unspecified atom stereocenters. The molecular formula is C10H11N5O2. The Morgan fingerprint density at radius 2 is 2.35 bits per heavy atom. The molecule has 0 spiro atoms. The summed E-state index contributed by atoms with van der Waals surface area (Å²) in [6.45, 7) is 1.59. The molecule has 0 saturated heterocycles. The predicted molar refractivity (Wildman–Crippen MR) is 58.4 cm³/mol. The fraction of sp³-hybridized carbons (Fsp3) is 0.200. The van der Waals surface area contributed by atoms with Gasteiger partial charge in [-0.3, -0.25) is 4.79 Å². The minimum atomic E-state index is -0.681. The van der Waals surface area contributed by atoms with Gasteiger partial charge in [-0.15, -0.1) is 5.10 Å². The lowest BCUT2D eigenvalue weighted by Gasteiger charge is -2.11. The predicted octanol–water partition coefficient (Wildman–Crippen LogP) is -0.0851. The van der Waals surface area contributed by atoms with E-state index in [9.17, 15) is 4.79 Å². The van der Waals surface area contributed by atoms with Crippen LogP contribution in [-0.4, -0.2) is 32.2 Å². The van der Waals surface area contributed by atoms with Crippen molar-refractivity contribution >= 4 is 5.91 Å². The summed E-state index contributed by atoms with van der Waals surface area (Å²) in [4.78, 5) is 10.9. The van der Waals surface area contributed by atoms with Gasteiger partial charge in [0, 0.05) is 6.07 Å². The highest BCUT2D eigenvalue weighted by atomic mass is 16.5. The number of tetrazole rings is 1. The molecule has 7 nitrogen and oxygen atoms in total. The SMILES string of the molecule is CC(Oc1cccc(-n2cnnn2)c1)C(N)=O. The summed E-state index contributed by atoms with van der Waals surface area (Å²) in [6.07, 6.45) is 0.788. The molecule has 88 valence electrons. The highest BCUT2D eigenvalue weighted by Crippen LogP contribution is 2.16. The number of carbonyl (C=O) groups is 1. The molecular weight excluding hydrogens is 222 g/mol. The molecule has 2 rings (SSSR count). The highest BCUT2D eigenvalue weighted by molar-refractivity contribution is 5.78. The van der Waals surface area contributed by atoms with E-state index in [-0.39, 0.29) is 0 Å². The van der Waals surface area contributed by atoms with Crippen molar-refractivity contribution in [3.8, 4) is 11.4 Å². The number of benzene rings is 1. The van der Waals surface area contributed by atoms with E-state index in [1.165, 1.54) is 11.0 Å². The molecule has 1 heterocycles. The molecule has 2 aromatic rings. The lowest BCUT2D eigenvalue weighted by Crippen LogP contribution is -2.30. The first-order chi connectivity index (χ1) is 8.16. The number of rotatable bonds is 4. The minimum Gasteiger partial charge on any atom is -0.481 e. The third-order valence-electron chi connectivity index (χ3n) is 2.14. The summed E-state index contributed by atoms with van der Waals surface area (Å²) in [6, 6.07) is 7.04. The topological polar surface area (TPSA) is 95.9 Å². The molecule has 7 heteroatoms. The zero-order valence-corrected chi connectivity index (χ0v) is 9.15. The van der Waals surface area contributed by atoms with E-state index < -0.39 is 12.0 Å². The van der Waals surface area contributed by atoms with Crippen molar-refractivity contribution in [3.05, 3.63) is 30.6 Å². The molecule has 0 saturated carbocycles. The fourth-order valence-corrected chi connectivity index (χ4v) is 1.24. The van der Waals surface area contributed by atoms with Crippen molar-refractivity contribution in [2.75, 3.05) is 0 Å². The van der Waals surface area contributed by atoms with Crippen molar-refractivity contribution in [1.29, 1.82) is 0 Å². The van der Waals surface area contributed by atoms with Crippen LogP contribution in [0.15, 0.2) is 30.6 Å². The van der Waals surface area contributed by atoms with E-state index in [1.807, 2.05) is 6.07 Å². The second-order valence-corrected chi connectivity index (χ2v) is 3.41. The van der Waals surface area contributed by atoms with E-state index in [0.29, 0.717) is 5.75 Å². The molecule has 0 bridgehead atoms. The lowest BCUT2D eigenvalue weighted by atomic mass is 10.3. The van der Waals surface area contributed by atoms with Crippen LogP contribution in [-0.2, 0) is 4.79 Å². The van der Waals surface area contributed by atoms with Crippen LogP contribution in [0, 0.1) is 0 Å². The molecule has 17 heavy (non-hydrogen) atoms. The molecule has 1 atom stereocenters. The van der Waals surface area contributed by atoms with Gasteiger partial charge in [0.25, 0.3) is 5.91 Å². The first-order valence-electron chi connectivity index (χ1n) is 4.96. The Labute approximate surface area is 97.2 Å². The van der Waals surface area contributed by atoms with E-state index in [1.54, 1.807) is 25.1 Å². The summed E-state index contributed by atoms with van der Waals surface area (Å²) in [5.74, 6) is 0.0159. The first kappa shape index (κ1) is 11.1. The Bertz CT molecular complexity index is 511. The lowest BCUT2D eigenvalue weighted by molar-refractivity contribution is -0.123. The number of aromatic nitrogens is 4. The number of hydrogen-bond donors (Lipinski definition) is 1. The zero-order valence-electron chi connectivity index (χ0n) is 9.15. The van der Waals surface area contributed by atoms with E-state index in [0.717, 1.165) is 5.69 Å². The minimum absolute atomic E-state index is 0.516. The fourth-order valence-electron chi connectivity index (χ4n) is 1.24. The standard InChI is InChI=1S/C10H11N5O2/c1-7(10(11)16)17-9-4-2-3-8(5-9)15-6-12-13-14-15/h2-7H,1H3,(H2,11,16). The van der Waals surface area contributed by atoms with Gasteiger partial charge in [-0.2, -0.15) is 0 Å². The third kappa shape index (κ3) is 2.57. The average molecular weight is 233 g/mol. The van der Waals surface area contributed by atoms with E-state index in [2.05, 4.69) is 15.5 Å². The van der Waals surface area contributed by atoms with Gasteiger partial charge >= 0.3 is 0 Å². The smallest absolute Gasteiger partial charge is 0.258 e.